The van der Waals surface area contributed by atoms with Crippen LogP contribution in [0.1, 0.15) is 32.1 Å². The van der Waals surface area contributed by atoms with Crippen LogP contribution in [0.5, 0.6) is 0 Å². The molecule has 2 aromatic rings. The molecule has 2 fully saturated rings. The first-order valence-electron chi connectivity index (χ1n) is 9.32. The Bertz CT molecular complexity index is 939. The van der Waals surface area contributed by atoms with Gasteiger partial charge in [-0.1, -0.05) is 19.3 Å². The van der Waals surface area contributed by atoms with Gasteiger partial charge in [0, 0.05) is 43.7 Å². The minimum Gasteiger partial charge on any atom is -0.423 e. The lowest BCUT2D eigenvalue weighted by atomic mass is 9.94. The highest BCUT2D eigenvalue weighted by Crippen LogP contribution is 2.26. The van der Waals surface area contributed by atoms with Crippen molar-refractivity contribution in [1.29, 1.82) is 0 Å². The van der Waals surface area contributed by atoms with Crippen LogP contribution in [-0.4, -0.2) is 49.8 Å². The number of sulfonamides is 1. The van der Waals surface area contributed by atoms with Crippen LogP contribution in [-0.2, 0) is 10.0 Å². The Kier molecular flexibility index (Phi) is 4.86. The second-order valence-corrected chi connectivity index (χ2v) is 9.12. The molecule has 2 heterocycles. The fourth-order valence-electron chi connectivity index (χ4n) is 4.11. The molecule has 1 aromatic heterocycles. The van der Waals surface area contributed by atoms with E-state index in [4.69, 9.17) is 4.42 Å². The number of hydrogen-bond donors (Lipinski definition) is 0. The number of benzene rings is 1. The average molecular weight is 376 g/mol. The smallest absolute Gasteiger partial charge is 0.336 e. The molecule has 0 spiro atoms. The van der Waals surface area contributed by atoms with Crippen LogP contribution in [0.25, 0.3) is 11.0 Å². The molecule has 1 saturated heterocycles. The maximum atomic E-state index is 13.0. The van der Waals surface area contributed by atoms with Crippen LogP contribution in [0.2, 0.25) is 0 Å². The first kappa shape index (κ1) is 17.7. The van der Waals surface area contributed by atoms with E-state index >= 15 is 0 Å². The Morgan fingerprint density at radius 2 is 1.65 bits per heavy atom. The van der Waals surface area contributed by atoms with Crippen molar-refractivity contribution in [3.8, 4) is 0 Å². The minimum absolute atomic E-state index is 0.255. The van der Waals surface area contributed by atoms with Gasteiger partial charge in [0.25, 0.3) is 0 Å². The SMILES string of the molecule is O=c1ccc2cc(S(=O)(=O)N3CCN(C4CCCCC4)CC3)ccc2o1. The second kappa shape index (κ2) is 7.13. The highest BCUT2D eigenvalue weighted by molar-refractivity contribution is 7.89. The molecule has 0 unspecified atom stereocenters. The predicted molar refractivity (Wildman–Crippen MR) is 99.7 cm³/mol. The lowest BCUT2D eigenvalue weighted by Crippen LogP contribution is -2.52. The fourth-order valence-corrected chi connectivity index (χ4v) is 5.57. The van der Waals surface area contributed by atoms with Gasteiger partial charge >= 0.3 is 5.63 Å². The summed E-state index contributed by atoms with van der Waals surface area (Å²) < 4.78 is 32.7. The zero-order valence-electron chi connectivity index (χ0n) is 14.8. The van der Waals surface area contributed by atoms with Crippen LogP contribution < -0.4 is 5.63 Å². The van der Waals surface area contributed by atoms with Gasteiger partial charge in [0.15, 0.2) is 0 Å². The Morgan fingerprint density at radius 1 is 0.923 bits per heavy atom. The summed E-state index contributed by atoms with van der Waals surface area (Å²) in [5, 5.41) is 0.617. The van der Waals surface area contributed by atoms with Gasteiger partial charge in [0.05, 0.1) is 4.90 Å². The molecule has 6 nitrogen and oxygen atoms in total. The summed E-state index contributed by atoms with van der Waals surface area (Å²) in [4.78, 5) is 14.0. The minimum atomic E-state index is -3.53. The van der Waals surface area contributed by atoms with Gasteiger partial charge in [-0.25, -0.2) is 13.2 Å². The lowest BCUT2D eigenvalue weighted by molar-refractivity contribution is 0.111. The first-order valence-corrected chi connectivity index (χ1v) is 10.8. The van der Waals surface area contributed by atoms with Gasteiger partial charge in [-0.15, -0.1) is 0 Å². The van der Waals surface area contributed by atoms with Crippen molar-refractivity contribution in [2.75, 3.05) is 26.2 Å². The van der Waals surface area contributed by atoms with Crippen molar-refractivity contribution in [2.45, 2.75) is 43.0 Å². The first-order chi connectivity index (χ1) is 12.5. The summed E-state index contributed by atoms with van der Waals surface area (Å²) in [6.07, 6.45) is 6.38. The van der Waals surface area contributed by atoms with Crippen molar-refractivity contribution in [1.82, 2.24) is 9.21 Å². The molecule has 140 valence electrons. The van der Waals surface area contributed by atoms with E-state index in [1.807, 2.05) is 0 Å². The zero-order valence-corrected chi connectivity index (χ0v) is 15.6. The van der Waals surface area contributed by atoms with Gasteiger partial charge in [0.1, 0.15) is 5.58 Å². The van der Waals surface area contributed by atoms with Crippen molar-refractivity contribution in [3.63, 3.8) is 0 Å². The number of nitrogens with zero attached hydrogens (tertiary/aromatic N) is 2. The normalized spacial score (nSPS) is 21.2. The van der Waals surface area contributed by atoms with Gasteiger partial charge in [0.2, 0.25) is 10.0 Å². The van der Waals surface area contributed by atoms with Crippen LogP contribution in [0.4, 0.5) is 0 Å². The molecule has 26 heavy (non-hydrogen) atoms. The maximum Gasteiger partial charge on any atom is 0.336 e. The molecular weight excluding hydrogens is 352 g/mol. The lowest BCUT2D eigenvalue weighted by Gasteiger charge is -2.40. The zero-order chi connectivity index (χ0) is 18.1. The van der Waals surface area contributed by atoms with Crippen LogP contribution >= 0.6 is 0 Å². The van der Waals surface area contributed by atoms with Crippen LogP contribution in [0.15, 0.2) is 44.4 Å². The van der Waals surface area contributed by atoms with E-state index in [2.05, 4.69) is 4.90 Å². The van der Waals surface area contributed by atoms with Gasteiger partial charge in [-0.05, 0) is 37.1 Å². The van der Waals surface area contributed by atoms with Crippen molar-refractivity contribution in [3.05, 3.63) is 40.8 Å². The van der Waals surface area contributed by atoms with E-state index in [0.717, 1.165) is 13.1 Å². The molecule has 1 aromatic carbocycles. The number of rotatable bonds is 3. The van der Waals surface area contributed by atoms with E-state index in [1.54, 1.807) is 22.5 Å². The Morgan fingerprint density at radius 3 is 2.38 bits per heavy atom. The quantitative estimate of drug-likeness (QED) is 0.770. The fraction of sp³-hybridized carbons (Fsp3) is 0.526. The third kappa shape index (κ3) is 3.43. The Hall–Kier alpha value is -1.70. The summed E-state index contributed by atoms with van der Waals surface area (Å²) in [7, 11) is -3.53. The number of piperazine rings is 1. The molecule has 2 aliphatic rings. The number of hydrogen-bond acceptors (Lipinski definition) is 5. The topological polar surface area (TPSA) is 70.8 Å². The van der Waals surface area contributed by atoms with Gasteiger partial charge in [-0.2, -0.15) is 4.31 Å². The van der Waals surface area contributed by atoms with Crippen LogP contribution in [0, 0.1) is 0 Å². The number of fused-ring (bicyclic) bond motifs is 1. The molecule has 0 atom stereocenters. The van der Waals surface area contributed by atoms with Crippen molar-refractivity contribution < 1.29 is 12.8 Å². The molecule has 0 amide bonds. The van der Waals surface area contributed by atoms with E-state index in [9.17, 15) is 13.2 Å². The van der Waals surface area contributed by atoms with E-state index in [-0.39, 0.29) is 4.90 Å². The van der Waals surface area contributed by atoms with E-state index < -0.39 is 15.6 Å². The molecule has 0 bridgehead atoms. The molecule has 7 heteroatoms. The largest absolute Gasteiger partial charge is 0.423 e. The average Bonchev–Trinajstić information content (AvgIpc) is 2.68. The second-order valence-electron chi connectivity index (χ2n) is 7.19. The molecule has 0 N–H and O–H groups in total. The summed E-state index contributed by atoms with van der Waals surface area (Å²) in [6.45, 7) is 2.65. The van der Waals surface area contributed by atoms with Crippen molar-refractivity contribution in [2.24, 2.45) is 0 Å². The van der Waals surface area contributed by atoms with Gasteiger partial charge in [-0.3, -0.25) is 4.90 Å². The Labute approximate surface area is 153 Å². The van der Waals surface area contributed by atoms with E-state index in [1.165, 1.54) is 44.2 Å². The third-order valence-electron chi connectivity index (χ3n) is 5.59. The molecule has 4 rings (SSSR count). The monoisotopic (exact) mass is 376 g/mol. The summed E-state index contributed by atoms with van der Waals surface area (Å²) in [5.41, 5.74) is -0.0366. The maximum absolute atomic E-state index is 13.0. The summed E-state index contributed by atoms with van der Waals surface area (Å²) >= 11 is 0. The molecule has 1 aliphatic carbocycles. The van der Waals surface area contributed by atoms with Gasteiger partial charge < -0.3 is 4.42 Å². The van der Waals surface area contributed by atoms with Crippen LogP contribution in [0.3, 0.4) is 0 Å². The standard InChI is InChI=1S/C19H24N2O4S/c22-19-9-6-15-14-17(7-8-18(15)25-19)26(23,24)21-12-10-20(11-13-21)16-4-2-1-3-5-16/h6-9,14,16H,1-5,10-13H2. The highest BCUT2D eigenvalue weighted by Gasteiger charge is 2.31. The summed E-state index contributed by atoms with van der Waals surface area (Å²) in [5.74, 6) is 0. The summed E-state index contributed by atoms with van der Waals surface area (Å²) in [6, 6.07) is 8.19. The third-order valence-corrected chi connectivity index (χ3v) is 7.49. The predicted octanol–water partition coefficient (Wildman–Crippen LogP) is 2.43. The Balaban J connectivity index is 1.50. The van der Waals surface area contributed by atoms with E-state index in [0.29, 0.717) is 30.1 Å². The molecule has 1 aliphatic heterocycles. The molecule has 0 radical (unpaired) electrons. The molecular formula is C19H24N2O4S. The molecule has 1 saturated carbocycles. The highest BCUT2D eigenvalue weighted by atomic mass is 32.2. The van der Waals surface area contributed by atoms with Crippen molar-refractivity contribution >= 4 is 21.0 Å².